The molecule has 0 saturated heterocycles. The van der Waals surface area contributed by atoms with Crippen molar-refractivity contribution in [3.63, 3.8) is 0 Å². The SMILES string of the molecule is CCNc1ncnc2c1cnn2C1CCCC1O. The molecular formula is C12H17N5O. The average Bonchev–Trinajstić information content (AvgIpc) is 2.96. The Balaban J connectivity index is 2.06. The summed E-state index contributed by atoms with van der Waals surface area (Å²) >= 11 is 0. The lowest BCUT2D eigenvalue weighted by Crippen LogP contribution is -2.19. The number of aliphatic hydroxyl groups excluding tert-OH is 1. The van der Waals surface area contributed by atoms with Gasteiger partial charge in [-0.25, -0.2) is 14.6 Å². The topological polar surface area (TPSA) is 75.9 Å². The van der Waals surface area contributed by atoms with Crippen molar-refractivity contribution in [3.05, 3.63) is 12.5 Å². The van der Waals surface area contributed by atoms with Crippen LogP contribution in [0.25, 0.3) is 11.0 Å². The quantitative estimate of drug-likeness (QED) is 0.856. The van der Waals surface area contributed by atoms with Crippen molar-refractivity contribution < 1.29 is 5.11 Å². The molecule has 18 heavy (non-hydrogen) atoms. The van der Waals surface area contributed by atoms with Crippen molar-refractivity contribution in [1.82, 2.24) is 19.7 Å². The Morgan fingerprint density at radius 2 is 2.33 bits per heavy atom. The van der Waals surface area contributed by atoms with E-state index in [0.29, 0.717) is 0 Å². The first-order chi connectivity index (χ1) is 8.81. The fourth-order valence-electron chi connectivity index (χ4n) is 2.62. The van der Waals surface area contributed by atoms with E-state index in [-0.39, 0.29) is 12.1 Å². The van der Waals surface area contributed by atoms with E-state index >= 15 is 0 Å². The molecule has 2 atom stereocenters. The second kappa shape index (κ2) is 4.53. The fourth-order valence-corrected chi connectivity index (χ4v) is 2.62. The minimum atomic E-state index is -0.314. The number of aliphatic hydroxyl groups is 1. The van der Waals surface area contributed by atoms with Gasteiger partial charge in [-0.15, -0.1) is 0 Å². The molecule has 6 heteroatoms. The van der Waals surface area contributed by atoms with Crippen LogP contribution in [0.5, 0.6) is 0 Å². The summed E-state index contributed by atoms with van der Waals surface area (Å²) in [5.74, 6) is 0.807. The third-order valence-corrected chi connectivity index (χ3v) is 3.49. The molecule has 6 nitrogen and oxygen atoms in total. The summed E-state index contributed by atoms with van der Waals surface area (Å²) in [4.78, 5) is 8.52. The minimum Gasteiger partial charge on any atom is -0.391 e. The highest BCUT2D eigenvalue weighted by atomic mass is 16.3. The number of fused-ring (bicyclic) bond motifs is 1. The molecule has 1 fully saturated rings. The molecule has 0 radical (unpaired) electrons. The summed E-state index contributed by atoms with van der Waals surface area (Å²) in [7, 11) is 0. The van der Waals surface area contributed by atoms with E-state index in [1.54, 1.807) is 12.5 Å². The molecule has 2 heterocycles. The smallest absolute Gasteiger partial charge is 0.163 e. The third-order valence-electron chi connectivity index (χ3n) is 3.49. The van der Waals surface area contributed by atoms with Gasteiger partial charge in [-0.2, -0.15) is 5.10 Å². The van der Waals surface area contributed by atoms with Crippen molar-refractivity contribution >= 4 is 16.9 Å². The highest BCUT2D eigenvalue weighted by molar-refractivity contribution is 5.86. The summed E-state index contributed by atoms with van der Waals surface area (Å²) in [6.07, 6.45) is 5.84. The Kier molecular flexibility index (Phi) is 2.87. The van der Waals surface area contributed by atoms with Gasteiger partial charge in [0.1, 0.15) is 12.1 Å². The van der Waals surface area contributed by atoms with E-state index in [1.165, 1.54) is 0 Å². The van der Waals surface area contributed by atoms with Gasteiger partial charge in [-0.1, -0.05) is 0 Å². The van der Waals surface area contributed by atoms with Crippen LogP contribution in [0, 0.1) is 0 Å². The Hall–Kier alpha value is -1.69. The molecule has 1 saturated carbocycles. The van der Waals surface area contributed by atoms with E-state index in [1.807, 2.05) is 11.6 Å². The number of nitrogens with zero attached hydrogens (tertiary/aromatic N) is 4. The van der Waals surface area contributed by atoms with Gasteiger partial charge in [0.25, 0.3) is 0 Å². The maximum Gasteiger partial charge on any atom is 0.163 e. The van der Waals surface area contributed by atoms with Crippen LogP contribution >= 0.6 is 0 Å². The maximum absolute atomic E-state index is 9.97. The monoisotopic (exact) mass is 247 g/mol. The maximum atomic E-state index is 9.97. The molecule has 2 N–H and O–H groups in total. The standard InChI is InChI=1S/C12H17N5O/c1-2-13-11-8-6-16-17(12(8)15-7-14-11)9-4-3-5-10(9)18/h6-7,9-10,18H,2-5H2,1H3,(H,13,14,15). The van der Waals surface area contributed by atoms with Crippen molar-refractivity contribution in [2.24, 2.45) is 0 Å². The van der Waals surface area contributed by atoms with Crippen LogP contribution in [0.4, 0.5) is 5.82 Å². The number of hydrogen-bond acceptors (Lipinski definition) is 5. The van der Waals surface area contributed by atoms with Crippen LogP contribution in [0.3, 0.4) is 0 Å². The zero-order valence-electron chi connectivity index (χ0n) is 10.4. The van der Waals surface area contributed by atoms with Gasteiger partial charge in [-0.3, -0.25) is 0 Å². The zero-order valence-corrected chi connectivity index (χ0v) is 10.4. The van der Waals surface area contributed by atoms with Crippen LogP contribution in [0.2, 0.25) is 0 Å². The summed E-state index contributed by atoms with van der Waals surface area (Å²) in [6.45, 7) is 2.84. The molecule has 2 unspecified atom stereocenters. The van der Waals surface area contributed by atoms with Gasteiger partial charge < -0.3 is 10.4 Å². The number of hydrogen-bond donors (Lipinski definition) is 2. The van der Waals surface area contributed by atoms with E-state index < -0.39 is 0 Å². The van der Waals surface area contributed by atoms with E-state index in [2.05, 4.69) is 20.4 Å². The summed E-state index contributed by atoms with van der Waals surface area (Å²) in [6, 6.07) is 0.0480. The minimum absolute atomic E-state index is 0.0480. The highest BCUT2D eigenvalue weighted by Gasteiger charge is 2.29. The average molecular weight is 247 g/mol. The predicted octanol–water partition coefficient (Wildman–Crippen LogP) is 1.34. The molecule has 0 aromatic carbocycles. The molecule has 2 aromatic heterocycles. The Labute approximate surface area is 105 Å². The van der Waals surface area contributed by atoms with Crippen molar-refractivity contribution in [3.8, 4) is 0 Å². The lowest BCUT2D eigenvalue weighted by atomic mass is 10.2. The van der Waals surface area contributed by atoms with Gasteiger partial charge in [0, 0.05) is 6.54 Å². The second-order valence-corrected chi connectivity index (χ2v) is 4.64. The van der Waals surface area contributed by atoms with E-state index in [4.69, 9.17) is 0 Å². The molecule has 0 spiro atoms. The summed E-state index contributed by atoms with van der Waals surface area (Å²) in [5, 5.41) is 18.5. The number of nitrogens with one attached hydrogen (secondary N) is 1. The predicted molar refractivity (Wildman–Crippen MR) is 68.4 cm³/mol. The second-order valence-electron chi connectivity index (χ2n) is 4.64. The Morgan fingerprint density at radius 3 is 3.06 bits per heavy atom. The van der Waals surface area contributed by atoms with Crippen LogP contribution < -0.4 is 5.32 Å². The molecule has 0 amide bonds. The van der Waals surface area contributed by atoms with Crippen molar-refractivity contribution in [1.29, 1.82) is 0 Å². The molecule has 0 bridgehead atoms. The lowest BCUT2D eigenvalue weighted by molar-refractivity contribution is 0.132. The van der Waals surface area contributed by atoms with Crippen LogP contribution in [0.1, 0.15) is 32.2 Å². The fraction of sp³-hybridized carbons (Fsp3) is 0.583. The van der Waals surface area contributed by atoms with E-state index in [0.717, 1.165) is 42.7 Å². The Morgan fingerprint density at radius 1 is 1.44 bits per heavy atom. The zero-order chi connectivity index (χ0) is 12.5. The molecule has 3 rings (SSSR count). The lowest BCUT2D eigenvalue weighted by Gasteiger charge is -2.15. The van der Waals surface area contributed by atoms with Gasteiger partial charge in [-0.05, 0) is 26.2 Å². The largest absolute Gasteiger partial charge is 0.391 e. The summed E-state index contributed by atoms with van der Waals surface area (Å²) < 4.78 is 1.84. The molecule has 2 aromatic rings. The molecule has 1 aliphatic rings. The van der Waals surface area contributed by atoms with Crippen LogP contribution in [-0.4, -0.2) is 37.5 Å². The van der Waals surface area contributed by atoms with Crippen LogP contribution in [0.15, 0.2) is 12.5 Å². The first-order valence-electron chi connectivity index (χ1n) is 6.41. The van der Waals surface area contributed by atoms with Gasteiger partial charge in [0.15, 0.2) is 5.65 Å². The number of rotatable bonds is 3. The first-order valence-corrected chi connectivity index (χ1v) is 6.41. The van der Waals surface area contributed by atoms with Crippen molar-refractivity contribution in [2.75, 3.05) is 11.9 Å². The normalized spacial score (nSPS) is 23.7. The Bertz CT molecular complexity index is 552. The molecule has 96 valence electrons. The van der Waals surface area contributed by atoms with Gasteiger partial charge in [0.05, 0.1) is 23.7 Å². The molecule has 1 aliphatic carbocycles. The first kappa shape index (κ1) is 11.4. The molecular weight excluding hydrogens is 230 g/mol. The van der Waals surface area contributed by atoms with Crippen LogP contribution in [-0.2, 0) is 0 Å². The molecule has 0 aliphatic heterocycles. The number of anilines is 1. The number of aromatic nitrogens is 4. The van der Waals surface area contributed by atoms with Crippen molar-refractivity contribution in [2.45, 2.75) is 38.3 Å². The summed E-state index contributed by atoms with van der Waals surface area (Å²) in [5.41, 5.74) is 0.798. The van der Waals surface area contributed by atoms with Gasteiger partial charge >= 0.3 is 0 Å². The highest BCUT2D eigenvalue weighted by Crippen LogP contribution is 2.32. The van der Waals surface area contributed by atoms with Gasteiger partial charge in [0.2, 0.25) is 0 Å². The third kappa shape index (κ3) is 1.73. The van der Waals surface area contributed by atoms with E-state index in [9.17, 15) is 5.11 Å².